The Bertz CT molecular complexity index is 590. The highest BCUT2D eigenvalue weighted by Gasteiger charge is 2.11. The molecule has 1 aromatic carbocycles. The van der Waals surface area contributed by atoms with Crippen LogP contribution in [0.1, 0.15) is 35.5 Å². The second-order valence-corrected chi connectivity index (χ2v) is 5.28. The van der Waals surface area contributed by atoms with Crippen molar-refractivity contribution in [2.45, 2.75) is 25.9 Å². The third-order valence-electron chi connectivity index (χ3n) is 3.09. The molecule has 1 aromatic heterocycles. The molecule has 0 aliphatic heterocycles. The molecule has 4 nitrogen and oxygen atoms in total. The highest BCUT2D eigenvalue weighted by Crippen LogP contribution is 2.21. The fraction of sp³-hybridized carbons (Fsp3) is 0.333. The minimum atomic E-state index is 0.252. The molecular formula is C15H17N3OS. The van der Waals surface area contributed by atoms with E-state index in [-0.39, 0.29) is 6.04 Å². The molecule has 5 heteroatoms. The van der Waals surface area contributed by atoms with Gasteiger partial charge in [-0.2, -0.15) is 5.26 Å². The molecule has 1 unspecified atom stereocenters. The van der Waals surface area contributed by atoms with Crippen molar-refractivity contribution in [1.82, 2.24) is 10.3 Å². The lowest BCUT2D eigenvalue weighted by Crippen LogP contribution is -2.20. The van der Waals surface area contributed by atoms with Gasteiger partial charge in [0.15, 0.2) is 0 Å². The van der Waals surface area contributed by atoms with Crippen molar-refractivity contribution >= 4 is 11.3 Å². The molecule has 2 aromatic rings. The van der Waals surface area contributed by atoms with E-state index in [9.17, 15) is 0 Å². The van der Waals surface area contributed by atoms with Crippen LogP contribution < -0.4 is 10.1 Å². The first kappa shape index (κ1) is 14.5. The number of nitrogens with one attached hydrogen (secondary N) is 1. The van der Waals surface area contributed by atoms with E-state index in [4.69, 9.17) is 10.00 Å². The Kier molecular flexibility index (Phi) is 5.10. The average molecular weight is 287 g/mol. The van der Waals surface area contributed by atoms with Gasteiger partial charge in [-0.25, -0.2) is 4.98 Å². The van der Waals surface area contributed by atoms with Gasteiger partial charge in [0.05, 0.1) is 18.7 Å². The zero-order valence-electron chi connectivity index (χ0n) is 11.6. The summed E-state index contributed by atoms with van der Waals surface area (Å²) in [6.07, 6.45) is 2.81. The van der Waals surface area contributed by atoms with Crippen LogP contribution in [-0.4, -0.2) is 12.1 Å². The second kappa shape index (κ2) is 7.04. The average Bonchev–Trinajstić information content (AvgIpc) is 3.02. The van der Waals surface area contributed by atoms with Crippen LogP contribution in [0, 0.1) is 11.3 Å². The molecule has 20 heavy (non-hydrogen) atoms. The van der Waals surface area contributed by atoms with Gasteiger partial charge in [0.25, 0.3) is 0 Å². The van der Waals surface area contributed by atoms with E-state index in [1.165, 1.54) is 0 Å². The molecule has 0 spiro atoms. The molecule has 0 bridgehead atoms. The quantitative estimate of drug-likeness (QED) is 0.886. The smallest absolute Gasteiger partial charge is 0.136 e. The number of hydrogen-bond acceptors (Lipinski definition) is 5. The summed E-state index contributed by atoms with van der Waals surface area (Å²) >= 11 is 1.66. The SMILES string of the molecule is CCC(NCc1ccc(OC)c(C#N)c1)c1nccs1. The third kappa shape index (κ3) is 3.35. The lowest BCUT2D eigenvalue weighted by molar-refractivity contribution is 0.413. The molecule has 0 amide bonds. The summed E-state index contributed by atoms with van der Waals surface area (Å²) in [5, 5.41) is 15.6. The van der Waals surface area contributed by atoms with Gasteiger partial charge in [0.2, 0.25) is 0 Å². The second-order valence-electron chi connectivity index (χ2n) is 4.36. The van der Waals surface area contributed by atoms with Gasteiger partial charge >= 0.3 is 0 Å². The maximum atomic E-state index is 9.09. The molecule has 1 heterocycles. The maximum Gasteiger partial charge on any atom is 0.136 e. The first-order chi connectivity index (χ1) is 9.78. The zero-order valence-corrected chi connectivity index (χ0v) is 12.4. The highest BCUT2D eigenvalue weighted by molar-refractivity contribution is 7.09. The van der Waals surface area contributed by atoms with E-state index >= 15 is 0 Å². The van der Waals surface area contributed by atoms with Gasteiger partial charge in [0, 0.05) is 18.1 Å². The Morgan fingerprint density at radius 2 is 2.35 bits per heavy atom. The monoisotopic (exact) mass is 287 g/mol. The molecule has 104 valence electrons. The largest absolute Gasteiger partial charge is 0.495 e. The summed E-state index contributed by atoms with van der Waals surface area (Å²) in [5.41, 5.74) is 1.63. The fourth-order valence-corrected chi connectivity index (χ4v) is 2.80. The Hall–Kier alpha value is -1.90. The molecular weight excluding hydrogens is 270 g/mol. The van der Waals surface area contributed by atoms with Gasteiger partial charge in [0.1, 0.15) is 16.8 Å². The molecule has 0 fully saturated rings. The number of nitrogens with zero attached hydrogens (tertiary/aromatic N) is 2. The number of thiazole rings is 1. The molecule has 0 aliphatic carbocycles. The summed E-state index contributed by atoms with van der Waals surface area (Å²) in [6, 6.07) is 8.07. The van der Waals surface area contributed by atoms with Gasteiger partial charge in [-0.05, 0) is 24.1 Å². The van der Waals surface area contributed by atoms with Crippen LogP contribution in [0.15, 0.2) is 29.8 Å². The Morgan fingerprint density at radius 3 is 2.95 bits per heavy atom. The van der Waals surface area contributed by atoms with Crippen molar-refractivity contribution in [2.24, 2.45) is 0 Å². The van der Waals surface area contributed by atoms with E-state index in [2.05, 4.69) is 23.3 Å². The molecule has 0 radical (unpaired) electrons. The minimum absolute atomic E-state index is 0.252. The first-order valence-corrected chi connectivity index (χ1v) is 7.36. The Morgan fingerprint density at radius 1 is 1.50 bits per heavy atom. The van der Waals surface area contributed by atoms with E-state index in [1.807, 2.05) is 29.8 Å². The standard InChI is InChI=1S/C15H17N3OS/c1-3-13(15-17-6-7-20-15)18-10-11-4-5-14(19-2)12(8-11)9-16/h4-8,13,18H,3,10H2,1-2H3. The number of benzene rings is 1. The van der Waals surface area contributed by atoms with Crippen LogP contribution in [-0.2, 0) is 6.54 Å². The fourth-order valence-electron chi connectivity index (χ4n) is 2.01. The minimum Gasteiger partial charge on any atom is -0.495 e. The summed E-state index contributed by atoms with van der Waals surface area (Å²) in [4.78, 5) is 4.34. The molecule has 0 saturated carbocycles. The molecule has 1 atom stereocenters. The summed E-state index contributed by atoms with van der Waals surface area (Å²) in [5.74, 6) is 0.614. The number of nitriles is 1. The first-order valence-electron chi connectivity index (χ1n) is 6.48. The van der Waals surface area contributed by atoms with Crippen molar-refractivity contribution < 1.29 is 4.74 Å². The molecule has 1 N–H and O–H groups in total. The van der Waals surface area contributed by atoms with Crippen LogP contribution in [0.3, 0.4) is 0 Å². The van der Waals surface area contributed by atoms with E-state index in [1.54, 1.807) is 18.4 Å². The molecule has 0 aliphatic rings. The topological polar surface area (TPSA) is 57.9 Å². The summed E-state index contributed by atoms with van der Waals surface area (Å²) < 4.78 is 5.15. The van der Waals surface area contributed by atoms with E-state index in [0.29, 0.717) is 17.9 Å². The van der Waals surface area contributed by atoms with Crippen LogP contribution in [0.4, 0.5) is 0 Å². The number of hydrogen-bond donors (Lipinski definition) is 1. The summed E-state index contributed by atoms with van der Waals surface area (Å²) in [6.45, 7) is 2.84. The van der Waals surface area contributed by atoms with Crippen LogP contribution in [0.25, 0.3) is 0 Å². The number of rotatable bonds is 6. The lowest BCUT2D eigenvalue weighted by Gasteiger charge is -2.14. The highest BCUT2D eigenvalue weighted by atomic mass is 32.1. The number of ether oxygens (including phenoxy) is 1. The normalized spacial score (nSPS) is 11.8. The zero-order chi connectivity index (χ0) is 14.4. The van der Waals surface area contributed by atoms with Crippen LogP contribution in [0.5, 0.6) is 5.75 Å². The van der Waals surface area contributed by atoms with Gasteiger partial charge in [-0.1, -0.05) is 13.0 Å². The van der Waals surface area contributed by atoms with Gasteiger partial charge < -0.3 is 10.1 Å². The predicted molar refractivity (Wildman–Crippen MR) is 79.7 cm³/mol. The van der Waals surface area contributed by atoms with E-state index in [0.717, 1.165) is 17.0 Å². The van der Waals surface area contributed by atoms with Crippen molar-refractivity contribution in [3.05, 3.63) is 45.9 Å². The van der Waals surface area contributed by atoms with Gasteiger partial charge in [-0.3, -0.25) is 0 Å². The molecule has 2 rings (SSSR count). The van der Waals surface area contributed by atoms with Crippen molar-refractivity contribution in [2.75, 3.05) is 7.11 Å². The van der Waals surface area contributed by atoms with Crippen LogP contribution >= 0.6 is 11.3 Å². The van der Waals surface area contributed by atoms with E-state index < -0.39 is 0 Å². The van der Waals surface area contributed by atoms with Crippen molar-refractivity contribution in [1.29, 1.82) is 5.26 Å². The maximum absolute atomic E-state index is 9.09. The van der Waals surface area contributed by atoms with Crippen molar-refractivity contribution in [3.63, 3.8) is 0 Å². The molecule has 0 saturated heterocycles. The summed E-state index contributed by atoms with van der Waals surface area (Å²) in [7, 11) is 1.57. The Balaban J connectivity index is 2.05. The van der Waals surface area contributed by atoms with Crippen molar-refractivity contribution in [3.8, 4) is 11.8 Å². The third-order valence-corrected chi connectivity index (χ3v) is 3.98. The van der Waals surface area contributed by atoms with Gasteiger partial charge in [-0.15, -0.1) is 11.3 Å². The Labute approximate surface area is 123 Å². The van der Waals surface area contributed by atoms with Crippen LogP contribution in [0.2, 0.25) is 0 Å². The predicted octanol–water partition coefficient (Wildman–Crippen LogP) is 3.26. The lowest BCUT2D eigenvalue weighted by atomic mass is 10.1. The number of aromatic nitrogens is 1. The number of methoxy groups -OCH3 is 1.